The number of alkyl halides is 1. The SMILES string of the molecule is C#[N+]C(=O)c1ccc(OCCCl)cc1. The summed E-state index contributed by atoms with van der Waals surface area (Å²) in [6.45, 7) is 5.29. The lowest BCUT2D eigenvalue weighted by molar-refractivity contribution is 0.104. The van der Waals surface area contributed by atoms with E-state index in [-0.39, 0.29) is 0 Å². The number of carbonyl (C=O) groups excluding carboxylic acids is 1. The summed E-state index contributed by atoms with van der Waals surface area (Å²) in [5.74, 6) is 0.645. The molecule has 0 atom stereocenters. The molecule has 0 spiro atoms. The molecule has 1 aromatic rings. The smallest absolute Gasteiger partial charge is 0.492 e. The maximum Gasteiger partial charge on any atom is 0.547 e. The maximum atomic E-state index is 11.0. The van der Waals surface area contributed by atoms with Crippen LogP contribution in [0.5, 0.6) is 5.75 Å². The van der Waals surface area contributed by atoms with Gasteiger partial charge < -0.3 is 4.74 Å². The van der Waals surface area contributed by atoms with Crippen molar-refractivity contribution in [2.45, 2.75) is 0 Å². The van der Waals surface area contributed by atoms with E-state index in [0.717, 1.165) is 0 Å². The van der Waals surface area contributed by atoms with Crippen molar-refractivity contribution in [2.24, 2.45) is 0 Å². The largest absolute Gasteiger partial charge is 0.547 e. The lowest BCUT2D eigenvalue weighted by Crippen LogP contribution is -1.98. The molecule has 0 saturated heterocycles. The highest BCUT2D eigenvalue weighted by molar-refractivity contribution is 6.18. The van der Waals surface area contributed by atoms with Crippen molar-refractivity contribution in [3.8, 4) is 12.3 Å². The van der Waals surface area contributed by atoms with E-state index in [1.165, 1.54) is 0 Å². The summed E-state index contributed by atoms with van der Waals surface area (Å²) < 4.78 is 5.22. The Labute approximate surface area is 87.1 Å². The third-order valence-corrected chi connectivity index (χ3v) is 1.72. The highest BCUT2D eigenvalue weighted by Gasteiger charge is 2.13. The van der Waals surface area contributed by atoms with E-state index < -0.39 is 5.91 Å². The molecule has 0 fully saturated rings. The van der Waals surface area contributed by atoms with E-state index in [9.17, 15) is 4.79 Å². The van der Waals surface area contributed by atoms with Crippen LogP contribution < -0.4 is 4.74 Å². The van der Waals surface area contributed by atoms with Crippen molar-refractivity contribution in [1.82, 2.24) is 0 Å². The molecule has 0 radical (unpaired) electrons. The Hall–Kier alpha value is -1.53. The van der Waals surface area contributed by atoms with Gasteiger partial charge in [-0.1, -0.05) is 0 Å². The van der Waals surface area contributed by atoms with Crippen molar-refractivity contribution < 1.29 is 9.53 Å². The van der Waals surface area contributed by atoms with Crippen LogP contribution in [0.15, 0.2) is 24.3 Å². The molecule has 3 nitrogen and oxygen atoms in total. The number of ether oxygens (including phenoxy) is 1. The molecule has 0 aliphatic carbocycles. The number of hydrogen-bond acceptors (Lipinski definition) is 2. The Morgan fingerprint density at radius 3 is 2.57 bits per heavy atom. The summed E-state index contributed by atoms with van der Waals surface area (Å²) in [6.07, 6.45) is 0. The van der Waals surface area contributed by atoms with Crippen LogP contribution in [0.4, 0.5) is 0 Å². The molecule has 14 heavy (non-hydrogen) atoms. The minimum absolute atomic E-state index is 0.429. The first kappa shape index (κ1) is 10.6. The van der Waals surface area contributed by atoms with Gasteiger partial charge >= 0.3 is 5.91 Å². The number of halogens is 1. The van der Waals surface area contributed by atoms with Gasteiger partial charge in [-0.15, -0.1) is 11.6 Å². The zero-order chi connectivity index (χ0) is 10.4. The first-order chi connectivity index (χ1) is 6.77. The van der Waals surface area contributed by atoms with Gasteiger partial charge in [0.25, 0.3) is 6.57 Å². The Balaban J connectivity index is 2.69. The molecule has 0 unspecified atom stereocenters. The minimum Gasteiger partial charge on any atom is -0.492 e. The minimum atomic E-state index is -0.450. The molecule has 0 saturated carbocycles. The van der Waals surface area contributed by atoms with Crippen LogP contribution >= 0.6 is 11.6 Å². The van der Waals surface area contributed by atoms with E-state index >= 15 is 0 Å². The van der Waals surface area contributed by atoms with Crippen molar-refractivity contribution in [3.63, 3.8) is 0 Å². The quantitative estimate of drug-likeness (QED) is 0.715. The standard InChI is InChI=1S/C10H9ClNO2/c1-12-10(13)8-2-4-9(5-3-8)14-7-6-11/h1-5H,6-7H2/q+1. The van der Waals surface area contributed by atoms with Crippen LogP contribution in [0.2, 0.25) is 0 Å². The Kier molecular flexibility index (Phi) is 3.96. The third-order valence-electron chi connectivity index (χ3n) is 1.56. The molecular weight excluding hydrogens is 202 g/mol. The van der Waals surface area contributed by atoms with Crippen LogP contribution in [0.1, 0.15) is 10.4 Å². The van der Waals surface area contributed by atoms with Crippen LogP contribution in [0.25, 0.3) is 4.85 Å². The number of nitrogens with zero attached hydrogens (tertiary/aromatic N) is 1. The molecule has 0 bridgehead atoms. The highest BCUT2D eigenvalue weighted by Crippen LogP contribution is 2.12. The summed E-state index contributed by atoms with van der Waals surface area (Å²) in [7, 11) is 0. The Morgan fingerprint density at radius 1 is 1.43 bits per heavy atom. The molecule has 72 valence electrons. The first-order valence-electron chi connectivity index (χ1n) is 4.02. The van der Waals surface area contributed by atoms with Crippen molar-refractivity contribution in [2.75, 3.05) is 12.5 Å². The predicted molar refractivity (Wildman–Crippen MR) is 55.3 cm³/mol. The van der Waals surface area contributed by atoms with E-state index in [0.29, 0.717) is 23.8 Å². The molecule has 0 aromatic heterocycles. The summed E-state index contributed by atoms with van der Waals surface area (Å²) >= 11 is 5.44. The molecule has 0 aliphatic heterocycles. The average Bonchev–Trinajstić information content (AvgIpc) is 2.26. The van der Waals surface area contributed by atoms with Gasteiger partial charge in [0.05, 0.1) is 5.88 Å². The summed E-state index contributed by atoms with van der Waals surface area (Å²) in [5, 5.41) is 0. The summed E-state index contributed by atoms with van der Waals surface area (Å²) in [4.78, 5) is 14.0. The molecular formula is C10H9ClNO2+. The molecule has 1 rings (SSSR count). The van der Waals surface area contributed by atoms with Gasteiger partial charge in [-0.05, 0) is 24.3 Å². The van der Waals surface area contributed by atoms with Crippen LogP contribution in [0, 0.1) is 6.57 Å². The Morgan fingerprint density at radius 2 is 2.07 bits per heavy atom. The predicted octanol–water partition coefficient (Wildman–Crippen LogP) is 2.41. The fourth-order valence-electron chi connectivity index (χ4n) is 0.925. The first-order valence-corrected chi connectivity index (χ1v) is 4.55. The van der Waals surface area contributed by atoms with Crippen LogP contribution in [-0.2, 0) is 0 Å². The van der Waals surface area contributed by atoms with E-state index in [2.05, 4.69) is 4.85 Å². The van der Waals surface area contributed by atoms with Crippen molar-refractivity contribution >= 4 is 17.5 Å². The van der Waals surface area contributed by atoms with Gasteiger partial charge in [-0.25, -0.2) is 0 Å². The zero-order valence-corrected chi connectivity index (χ0v) is 8.20. The average molecular weight is 211 g/mol. The lowest BCUT2D eigenvalue weighted by atomic mass is 10.2. The topological polar surface area (TPSA) is 30.7 Å². The van der Waals surface area contributed by atoms with Crippen LogP contribution in [0.3, 0.4) is 0 Å². The number of hydrogen-bond donors (Lipinski definition) is 0. The molecule has 1 amide bonds. The van der Waals surface area contributed by atoms with Gasteiger partial charge in [0.2, 0.25) is 0 Å². The summed E-state index contributed by atoms with van der Waals surface area (Å²) in [5.41, 5.74) is 0.436. The van der Waals surface area contributed by atoms with Crippen LogP contribution in [-0.4, -0.2) is 18.4 Å². The molecule has 0 aliphatic rings. The molecule has 4 heteroatoms. The number of amides is 1. The van der Waals surface area contributed by atoms with Crippen molar-refractivity contribution in [3.05, 3.63) is 34.7 Å². The fourth-order valence-corrected chi connectivity index (χ4v) is 1.00. The van der Waals surface area contributed by atoms with Crippen molar-refractivity contribution in [1.29, 1.82) is 0 Å². The van der Waals surface area contributed by atoms with E-state index in [1.54, 1.807) is 24.3 Å². The zero-order valence-electron chi connectivity index (χ0n) is 7.44. The second-order valence-electron chi connectivity index (χ2n) is 2.50. The van der Waals surface area contributed by atoms with Gasteiger partial charge in [0.1, 0.15) is 17.9 Å². The van der Waals surface area contributed by atoms with E-state index in [1.807, 2.05) is 0 Å². The maximum absolute atomic E-state index is 11.0. The van der Waals surface area contributed by atoms with Gasteiger partial charge in [0.15, 0.2) is 0 Å². The second-order valence-corrected chi connectivity index (χ2v) is 2.87. The highest BCUT2D eigenvalue weighted by atomic mass is 35.5. The van der Waals surface area contributed by atoms with Gasteiger partial charge in [-0.2, -0.15) is 4.79 Å². The monoisotopic (exact) mass is 210 g/mol. The number of carbonyl (C=O) groups is 1. The van der Waals surface area contributed by atoms with Gasteiger partial charge in [-0.3, -0.25) is 0 Å². The van der Waals surface area contributed by atoms with Gasteiger partial charge in [0, 0.05) is 4.85 Å². The molecule has 0 N–H and O–H groups in total. The normalized spacial score (nSPS) is 9.14. The number of rotatable bonds is 4. The lowest BCUT2D eigenvalue weighted by Gasteiger charge is -2.02. The molecule has 0 heterocycles. The Bertz CT molecular complexity index is 353. The fraction of sp³-hybridized carbons (Fsp3) is 0.200. The third kappa shape index (κ3) is 2.75. The molecule has 1 aromatic carbocycles. The van der Waals surface area contributed by atoms with E-state index in [4.69, 9.17) is 22.9 Å². The summed E-state index contributed by atoms with van der Waals surface area (Å²) in [6, 6.07) is 6.54. The number of benzene rings is 1. The second kappa shape index (κ2) is 5.25.